The zero-order valence-corrected chi connectivity index (χ0v) is 68.4. The van der Waals surface area contributed by atoms with Crippen LogP contribution in [0.15, 0.2) is 97.1 Å². The molecule has 588 valence electrons. The van der Waals surface area contributed by atoms with Gasteiger partial charge in [0, 0.05) is 97.2 Å². The van der Waals surface area contributed by atoms with Crippen LogP contribution in [0, 0.1) is 0 Å². The largest absolute Gasteiger partial charge is 0.494 e. The molecule has 7 rings (SSSR count). The fraction of sp³-hybridized carbons (Fsp3) is 0.696. The Morgan fingerprint density at radius 2 is 0.796 bits per heavy atom. The fourth-order valence-corrected chi connectivity index (χ4v) is 16.7. The van der Waals surface area contributed by atoms with Crippen molar-refractivity contribution in [3.63, 3.8) is 0 Å². The molecule has 3 saturated heterocycles. The van der Waals surface area contributed by atoms with Gasteiger partial charge in [0.15, 0.2) is 0 Å². The maximum Gasteiger partial charge on any atom is 0.332 e. The summed E-state index contributed by atoms with van der Waals surface area (Å²) in [6, 6.07) is 35.8. The van der Waals surface area contributed by atoms with Crippen LogP contribution in [0.4, 0.5) is 0 Å². The zero-order valence-electron chi connectivity index (χ0n) is 65.4. The Morgan fingerprint density at radius 1 is 0.485 bits per heavy atom. The lowest BCUT2D eigenvalue weighted by Gasteiger charge is -2.30. The number of epoxide rings is 2. The van der Waals surface area contributed by atoms with Gasteiger partial charge in [0.2, 0.25) is 0 Å². The Bertz CT molecular complexity index is 2600. The molecule has 7 unspecified atom stereocenters. The predicted molar refractivity (Wildman–Crippen MR) is 417 cm³/mol. The summed E-state index contributed by atoms with van der Waals surface area (Å²) >= 11 is 0. The van der Waals surface area contributed by atoms with E-state index in [2.05, 4.69) is 108 Å². The second kappa shape index (κ2) is 49.9. The summed E-state index contributed by atoms with van der Waals surface area (Å²) in [7, 11) is -1.59. The van der Waals surface area contributed by atoms with Crippen LogP contribution in [0.1, 0.15) is 154 Å². The molecule has 6 N–H and O–H groups in total. The molecule has 0 bridgehead atoms. The van der Waals surface area contributed by atoms with Gasteiger partial charge in [-0.3, -0.25) is 9.80 Å². The predicted octanol–water partition coefficient (Wildman–Crippen LogP) is 12.4. The molecule has 0 saturated carbocycles. The van der Waals surface area contributed by atoms with E-state index in [4.69, 9.17) is 60.6 Å². The van der Waals surface area contributed by atoms with Gasteiger partial charge in [0.1, 0.15) is 47.7 Å². The van der Waals surface area contributed by atoms with E-state index in [9.17, 15) is 19.8 Å². The number of nitrogens with zero attached hydrogens (tertiary/aromatic N) is 3. The smallest absolute Gasteiger partial charge is 0.332 e. The molecule has 0 aromatic heterocycles. The number of aliphatic hydroxyl groups is 2. The molecule has 0 spiro atoms. The highest BCUT2D eigenvalue weighted by molar-refractivity contribution is 6.70. The third kappa shape index (κ3) is 36.2. The van der Waals surface area contributed by atoms with Crippen LogP contribution >= 0.6 is 0 Å². The summed E-state index contributed by atoms with van der Waals surface area (Å²) in [5.41, 5.74) is 4.51. The van der Waals surface area contributed by atoms with Gasteiger partial charge in [-0.2, -0.15) is 0 Å². The van der Waals surface area contributed by atoms with Crippen molar-refractivity contribution < 1.29 is 85.9 Å². The lowest BCUT2D eigenvalue weighted by Crippen LogP contribution is -2.48. The molecule has 0 amide bonds. The highest BCUT2D eigenvalue weighted by Gasteiger charge is 2.40. The minimum absolute atomic E-state index is 0. The van der Waals surface area contributed by atoms with Crippen molar-refractivity contribution in [2.75, 3.05) is 153 Å². The average Bonchev–Trinajstić information content (AvgIpc) is 1.81. The molecule has 3 heterocycles. The molecule has 3 aliphatic heterocycles. The van der Waals surface area contributed by atoms with Gasteiger partial charge in [-0.15, -0.1) is 0 Å². The van der Waals surface area contributed by atoms with Gasteiger partial charge in [-0.05, 0) is 160 Å². The third-order valence-electron chi connectivity index (χ3n) is 19.5. The van der Waals surface area contributed by atoms with Crippen molar-refractivity contribution in [2.45, 2.75) is 205 Å². The zero-order chi connectivity index (χ0) is 74.1. The maximum absolute atomic E-state index is 10.7. The van der Waals surface area contributed by atoms with Gasteiger partial charge < -0.3 is 90.5 Å². The number of ether oxygens (including phenoxy) is 10. The summed E-state index contributed by atoms with van der Waals surface area (Å²) in [4.78, 5) is 24.5. The molecular formula is C79H137N3O18Si3. The SMILES string of the molecule is CC(C)(c1ccc(OCCCOCC2CO2)cc1)c1ccc(OCCCOCC2CO2)cc1.CCCCN(CCC[Si](C)(O)OC)C(O)COCCCOc1ccc(C(C)(C)c2ccc(OCCCOCC(O)N(CCCC)CCC[Si](C)(O)OC)cc2)cc1.CCCCN1CCC[Si]1(C)OC.O. The van der Waals surface area contributed by atoms with Crippen LogP contribution in [0.5, 0.6) is 23.0 Å². The molecule has 103 heavy (non-hydrogen) atoms. The molecular weight excluding hydrogens is 1360 g/mol. The molecule has 3 aliphatic rings. The molecule has 0 radical (unpaired) electrons. The molecule has 4 aromatic rings. The monoisotopic (exact) mass is 1500 g/mol. The van der Waals surface area contributed by atoms with Crippen molar-refractivity contribution in [2.24, 2.45) is 0 Å². The van der Waals surface area contributed by atoms with Gasteiger partial charge in [-0.25, -0.2) is 0 Å². The van der Waals surface area contributed by atoms with E-state index in [1.165, 1.54) is 60.6 Å². The summed E-state index contributed by atoms with van der Waals surface area (Å²) < 4.78 is 75.4. The summed E-state index contributed by atoms with van der Waals surface area (Å²) in [6.45, 7) is 35.1. The van der Waals surface area contributed by atoms with Crippen LogP contribution in [-0.2, 0) is 52.5 Å². The van der Waals surface area contributed by atoms with E-state index >= 15 is 0 Å². The maximum atomic E-state index is 10.7. The number of benzene rings is 4. The van der Waals surface area contributed by atoms with Crippen LogP contribution in [-0.4, -0.2) is 243 Å². The van der Waals surface area contributed by atoms with Gasteiger partial charge in [0.25, 0.3) is 8.48 Å². The summed E-state index contributed by atoms with van der Waals surface area (Å²) in [5, 5.41) is 21.5. The van der Waals surface area contributed by atoms with Gasteiger partial charge >= 0.3 is 17.1 Å². The topological polar surface area (TPSA) is 249 Å². The van der Waals surface area contributed by atoms with E-state index in [1.54, 1.807) is 27.3 Å². The first-order chi connectivity index (χ1) is 49.0. The number of hydrogen-bond donors (Lipinski definition) is 4. The van der Waals surface area contributed by atoms with E-state index in [1.807, 2.05) is 65.4 Å². The minimum Gasteiger partial charge on any atom is -0.494 e. The van der Waals surface area contributed by atoms with Gasteiger partial charge in [0.05, 0.1) is 79.3 Å². The first-order valence-corrected chi connectivity index (χ1v) is 45.9. The van der Waals surface area contributed by atoms with E-state index in [0.29, 0.717) is 116 Å². The number of aliphatic hydroxyl groups excluding tert-OH is 2. The Morgan fingerprint density at radius 3 is 1.09 bits per heavy atom. The van der Waals surface area contributed by atoms with Crippen LogP contribution in [0.25, 0.3) is 0 Å². The lowest BCUT2D eigenvalue weighted by molar-refractivity contribution is -0.0604. The quantitative estimate of drug-likeness (QED) is 0.0139. The number of unbranched alkanes of at least 4 members (excludes halogenated alkanes) is 3. The van der Waals surface area contributed by atoms with Crippen molar-refractivity contribution in [1.29, 1.82) is 0 Å². The van der Waals surface area contributed by atoms with Crippen LogP contribution in [0.2, 0.25) is 37.8 Å². The Labute approximate surface area is 623 Å². The number of hydrogen-bond acceptors (Lipinski definition) is 20. The Hall–Kier alpha value is -3.95. The molecule has 0 aliphatic carbocycles. The first-order valence-electron chi connectivity index (χ1n) is 38.2. The summed E-state index contributed by atoms with van der Waals surface area (Å²) in [6.07, 6.45) is 12.1. The fourth-order valence-electron chi connectivity index (χ4n) is 11.8. The van der Waals surface area contributed by atoms with E-state index in [0.717, 1.165) is 101 Å². The highest BCUT2D eigenvalue weighted by Crippen LogP contribution is 2.36. The summed E-state index contributed by atoms with van der Waals surface area (Å²) in [5.74, 6) is 3.39. The number of rotatable bonds is 54. The van der Waals surface area contributed by atoms with Crippen LogP contribution < -0.4 is 18.9 Å². The first kappa shape index (κ1) is 91.4. The van der Waals surface area contributed by atoms with Crippen molar-refractivity contribution >= 4 is 25.6 Å². The van der Waals surface area contributed by atoms with Crippen molar-refractivity contribution in [3.05, 3.63) is 119 Å². The van der Waals surface area contributed by atoms with Crippen molar-refractivity contribution in [3.8, 4) is 23.0 Å². The minimum atomic E-state index is -2.60. The molecule has 24 heteroatoms. The third-order valence-corrected chi connectivity index (χ3v) is 27.8. The van der Waals surface area contributed by atoms with Crippen LogP contribution in [0.3, 0.4) is 0 Å². The molecule has 4 aromatic carbocycles. The molecule has 21 nitrogen and oxygen atoms in total. The van der Waals surface area contributed by atoms with Crippen molar-refractivity contribution in [1.82, 2.24) is 14.4 Å². The van der Waals surface area contributed by atoms with E-state index < -0.39 is 38.1 Å². The Kier molecular flexibility index (Phi) is 44.3. The molecule has 3 fully saturated rings. The second-order valence-electron chi connectivity index (χ2n) is 28.9. The average molecular weight is 1500 g/mol. The Balaban J connectivity index is 0.000000404. The second-order valence-corrected chi connectivity index (χ2v) is 39.3. The standard InChI is InChI=1S/C43H78N2O10Si2.C27H36O6.C9H21NOSi.H2O/c1-9-11-25-44(27-13-33-56(7,48)50-5)41(46)35-52-29-15-31-54-39-21-17-37(18-22-39)43(3,4)38-19-23-40(24-20-38)55-32-16-30-53-36-42(47)45(26-12-10-2)28-14-34-57(8,49)51-6;1-27(2,21-5-9-23(10-6-21)30-15-3-13-28-17-25-19-32-25)22-7-11-24(12-8-22)31-16-4-14-29-18-26-20-33-26;1-4-5-7-10-8-6-9-12(10,3)11-2;/h17-24,41-42,46-49H,9-16,25-36H2,1-8H3;5-12,25-26H,3-4,13-20H2,1-2H3;4-9H2,1-3H3;1H2. The molecule has 7 atom stereocenters. The van der Waals surface area contributed by atoms with E-state index in [-0.39, 0.29) is 29.5 Å². The normalized spacial score (nSPS) is 18.4. The highest BCUT2D eigenvalue weighted by atomic mass is 28.4. The van der Waals surface area contributed by atoms with Gasteiger partial charge in [-0.1, -0.05) is 116 Å². The lowest BCUT2D eigenvalue weighted by atomic mass is 9.78.